The minimum absolute atomic E-state index is 0.297. The van der Waals surface area contributed by atoms with Gasteiger partial charge in [0.1, 0.15) is 15.4 Å². The number of anilines is 1. The topological polar surface area (TPSA) is 63.2 Å². The molecule has 4 aromatic rings. The summed E-state index contributed by atoms with van der Waals surface area (Å²) in [5, 5.41) is 0.803. The minimum atomic E-state index is -0.297. The van der Waals surface area contributed by atoms with Gasteiger partial charge in [0.15, 0.2) is 0 Å². The highest BCUT2D eigenvalue weighted by atomic mass is 32.1. The van der Waals surface area contributed by atoms with Crippen LogP contribution in [0.1, 0.15) is 20.7 Å². The van der Waals surface area contributed by atoms with Gasteiger partial charge >= 0.3 is 0 Å². The third-order valence-electron chi connectivity index (χ3n) is 4.31. The number of hydrogen-bond donors (Lipinski definition) is 0. The summed E-state index contributed by atoms with van der Waals surface area (Å²) in [4.78, 5) is 36.3. The van der Waals surface area contributed by atoms with Crippen LogP contribution in [0.2, 0.25) is 0 Å². The number of fused-ring (bicyclic) bond motifs is 2. The Morgan fingerprint density at radius 3 is 2.35 bits per heavy atom. The van der Waals surface area contributed by atoms with Crippen molar-refractivity contribution in [2.24, 2.45) is 0 Å². The van der Waals surface area contributed by atoms with Crippen LogP contribution in [0.4, 0.5) is 5.69 Å². The number of thiazole rings is 1. The standard InChI is InChI=1S/C20H11N3O2S/c24-19-14-7-1-2-8-15(14)20(25)23(19)13-6-3-5-12(11-13)17-22-16-9-4-10-21-18(16)26-17/h1-11H. The van der Waals surface area contributed by atoms with E-state index in [0.29, 0.717) is 16.8 Å². The van der Waals surface area contributed by atoms with Crippen molar-refractivity contribution in [2.75, 3.05) is 4.90 Å². The predicted octanol–water partition coefficient (Wildman–Crippen LogP) is 4.16. The number of benzene rings is 2. The van der Waals surface area contributed by atoms with E-state index in [-0.39, 0.29) is 11.8 Å². The Hall–Kier alpha value is -3.38. The van der Waals surface area contributed by atoms with E-state index in [9.17, 15) is 9.59 Å². The third-order valence-corrected chi connectivity index (χ3v) is 5.34. The summed E-state index contributed by atoms with van der Waals surface area (Å²) in [6, 6.07) is 18.0. The monoisotopic (exact) mass is 357 g/mol. The maximum absolute atomic E-state index is 12.7. The van der Waals surface area contributed by atoms with Gasteiger partial charge in [0.2, 0.25) is 0 Å². The molecule has 1 aliphatic heterocycles. The van der Waals surface area contributed by atoms with E-state index in [1.54, 1.807) is 36.5 Å². The molecule has 0 atom stereocenters. The zero-order valence-corrected chi connectivity index (χ0v) is 14.2. The highest BCUT2D eigenvalue weighted by Crippen LogP contribution is 2.33. The lowest BCUT2D eigenvalue weighted by Crippen LogP contribution is -2.29. The van der Waals surface area contributed by atoms with E-state index in [2.05, 4.69) is 9.97 Å². The summed E-state index contributed by atoms with van der Waals surface area (Å²) in [5.41, 5.74) is 3.10. The zero-order valence-electron chi connectivity index (χ0n) is 13.4. The van der Waals surface area contributed by atoms with Crippen molar-refractivity contribution in [3.63, 3.8) is 0 Å². The van der Waals surface area contributed by atoms with Crippen LogP contribution in [0.3, 0.4) is 0 Å². The molecule has 0 N–H and O–H groups in total. The first kappa shape index (κ1) is 14.9. The van der Waals surface area contributed by atoms with E-state index < -0.39 is 0 Å². The second-order valence-corrected chi connectivity index (χ2v) is 6.87. The minimum Gasteiger partial charge on any atom is -0.268 e. The maximum atomic E-state index is 12.7. The van der Waals surface area contributed by atoms with Crippen molar-refractivity contribution < 1.29 is 9.59 Å². The fraction of sp³-hybridized carbons (Fsp3) is 0. The summed E-state index contributed by atoms with van der Waals surface area (Å²) in [5.74, 6) is -0.595. The summed E-state index contributed by atoms with van der Waals surface area (Å²) in [6.45, 7) is 0. The van der Waals surface area contributed by atoms with E-state index in [0.717, 1.165) is 20.9 Å². The summed E-state index contributed by atoms with van der Waals surface area (Å²) in [6.07, 6.45) is 1.74. The quantitative estimate of drug-likeness (QED) is 0.505. The average molecular weight is 357 g/mol. The summed E-state index contributed by atoms with van der Waals surface area (Å²) >= 11 is 1.48. The average Bonchev–Trinajstić information content (AvgIpc) is 3.22. The molecule has 124 valence electrons. The van der Waals surface area contributed by atoms with Crippen LogP contribution in [0.15, 0.2) is 66.9 Å². The van der Waals surface area contributed by atoms with Crippen LogP contribution < -0.4 is 4.90 Å². The molecule has 2 aromatic carbocycles. The van der Waals surface area contributed by atoms with Gasteiger partial charge < -0.3 is 0 Å². The number of imide groups is 1. The molecule has 5 rings (SSSR count). The second kappa shape index (κ2) is 5.57. The fourth-order valence-electron chi connectivity index (χ4n) is 3.10. The molecule has 6 heteroatoms. The molecule has 0 aliphatic carbocycles. The van der Waals surface area contributed by atoms with Crippen molar-refractivity contribution in [2.45, 2.75) is 0 Å². The molecule has 0 saturated carbocycles. The van der Waals surface area contributed by atoms with Crippen LogP contribution >= 0.6 is 11.3 Å². The molecule has 1 aliphatic rings. The number of amides is 2. The van der Waals surface area contributed by atoms with Crippen LogP contribution in [-0.2, 0) is 0 Å². The van der Waals surface area contributed by atoms with Crippen molar-refractivity contribution in [1.29, 1.82) is 0 Å². The summed E-state index contributed by atoms with van der Waals surface area (Å²) < 4.78 is 0. The largest absolute Gasteiger partial charge is 0.268 e. The first-order valence-corrected chi connectivity index (χ1v) is 8.84. The van der Waals surface area contributed by atoms with Crippen molar-refractivity contribution >= 4 is 39.2 Å². The normalized spacial score (nSPS) is 13.5. The number of aromatic nitrogens is 2. The van der Waals surface area contributed by atoms with E-state index in [4.69, 9.17) is 0 Å². The van der Waals surface area contributed by atoms with Gasteiger partial charge in [0, 0.05) is 11.8 Å². The molecule has 0 unspecified atom stereocenters. The molecule has 0 fully saturated rings. The zero-order chi connectivity index (χ0) is 17.7. The Morgan fingerprint density at radius 1 is 0.846 bits per heavy atom. The molecular weight excluding hydrogens is 346 g/mol. The van der Waals surface area contributed by atoms with Gasteiger partial charge in [0.25, 0.3) is 11.8 Å². The predicted molar refractivity (Wildman–Crippen MR) is 100 cm³/mol. The molecule has 2 amide bonds. The maximum Gasteiger partial charge on any atom is 0.266 e. The Kier molecular flexibility index (Phi) is 3.20. The lowest BCUT2D eigenvalue weighted by atomic mass is 10.1. The van der Waals surface area contributed by atoms with Crippen LogP contribution in [0.25, 0.3) is 20.9 Å². The Bertz CT molecular complexity index is 1130. The number of nitrogens with zero attached hydrogens (tertiary/aromatic N) is 3. The molecule has 0 bridgehead atoms. The highest BCUT2D eigenvalue weighted by Gasteiger charge is 2.36. The molecule has 26 heavy (non-hydrogen) atoms. The SMILES string of the molecule is O=C1c2ccccc2C(=O)N1c1cccc(-c2nc3cccnc3s2)c1. The Balaban J connectivity index is 1.59. The van der Waals surface area contributed by atoms with E-state index in [1.165, 1.54) is 16.2 Å². The molecule has 0 radical (unpaired) electrons. The Labute approximate surface area is 152 Å². The third kappa shape index (κ3) is 2.16. The smallest absolute Gasteiger partial charge is 0.266 e. The van der Waals surface area contributed by atoms with Crippen molar-refractivity contribution in [1.82, 2.24) is 9.97 Å². The summed E-state index contributed by atoms with van der Waals surface area (Å²) in [7, 11) is 0. The number of hydrogen-bond acceptors (Lipinski definition) is 5. The molecule has 2 aromatic heterocycles. The van der Waals surface area contributed by atoms with Gasteiger partial charge in [-0.3, -0.25) is 9.59 Å². The second-order valence-electron chi connectivity index (χ2n) is 5.89. The van der Waals surface area contributed by atoms with Crippen LogP contribution in [0, 0.1) is 0 Å². The number of rotatable bonds is 2. The number of carbonyl (C=O) groups excluding carboxylic acids is 2. The molecule has 0 saturated heterocycles. The number of pyridine rings is 1. The lowest BCUT2D eigenvalue weighted by molar-refractivity contribution is 0.0926. The highest BCUT2D eigenvalue weighted by molar-refractivity contribution is 7.21. The van der Waals surface area contributed by atoms with Gasteiger partial charge in [0.05, 0.1) is 16.8 Å². The van der Waals surface area contributed by atoms with Gasteiger partial charge in [-0.15, -0.1) is 0 Å². The first-order chi connectivity index (χ1) is 12.7. The van der Waals surface area contributed by atoms with Gasteiger partial charge in [-0.25, -0.2) is 14.9 Å². The van der Waals surface area contributed by atoms with E-state index >= 15 is 0 Å². The van der Waals surface area contributed by atoms with Gasteiger partial charge in [-0.2, -0.15) is 0 Å². The fourth-order valence-corrected chi connectivity index (χ4v) is 4.00. The van der Waals surface area contributed by atoms with E-state index in [1.807, 2.05) is 30.3 Å². The van der Waals surface area contributed by atoms with Gasteiger partial charge in [-0.05, 0) is 36.4 Å². The lowest BCUT2D eigenvalue weighted by Gasteiger charge is -2.14. The molecular formula is C20H11N3O2S. The van der Waals surface area contributed by atoms with Crippen molar-refractivity contribution in [3.05, 3.63) is 78.0 Å². The molecule has 5 nitrogen and oxygen atoms in total. The molecule has 0 spiro atoms. The van der Waals surface area contributed by atoms with Crippen molar-refractivity contribution in [3.8, 4) is 10.6 Å². The van der Waals surface area contributed by atoms with Gasteiger partial charge in [-0.1, -0.05) is 35.6 Å². The first-order valence-electron chi connectivity index (χ1n) is 8.02. The van der Waals surface area contributed by atoms with Crippen LogP contribution in [0.5, 0.6) is 0 Å². The number of carbonyl (C=O) groups is 2. The molecule has 3 heterocycles. The van der Waals surface area contributed by atoms with Crippen LogP contribution in [-0.4, -0.2) is 21.8 Å². The Morgan fingerprint density at radius 2 is 1.62 bits per heavy atom.